The summed E-state index contributed by atoms with van der Waals surface area (Å²) in [5.74, 6) is -0.382. The molecule has 0 bridgehead atoms. The van der Waals surface area contributed by atoms with Crippen LogP contribution in [0.4, 0.5) is 5.69 Å². The van der Waals surface area contributed by atoms with E-state index in [1.807, 2.05) is 18.2 Å². The second-order valence-corrected chi connectivity index (χ2v) is 6.51. The highest BCUT2D eigenvalue weighted by Gasteiger charge is 2.22. The van der Waals surface area contributed by atoms with Gasteiger partial charge >= 0.3 is 0 Å². The number of carbonyl (C=O) groups excluding carboxylic acids is 1. The molecule has 1 aliphatic heterocycles. The van der Waals surface area contributed by atoms with Crippen LogP contribution in [0.1, 0.15) is 21.6 Å². The third-order valence-electron chi connectivity index (χ3n) is 4.49. The van der Waals surface area contributed by atoms with Crippen LogP contribution in [0.5, 0.6) is 0 Å². The SMILES string of the molecule is Cc1ncc([N+](=O)[O-])cc1C(=O)NC[C@H]1CN(Cc2ccccc2)CCO1. The van der Waals surface area contributed by atoms with E-state index in [9.17, 15) is 14.9 Å². The van der Waals surface area contributed by atoms with Crippen molar-refractivity contribution in [1.82, 2.24) is 15.2 Å². The predicted octanol–water partition coefficient (Wildman–Crippen LogP) is 1.93. The number of aromatic nitrogens is 1. The van der Waals surface area contributed by atoms with Gasteiger partial charge in [-0.25, -0.2) is 0 Å². The first kappa shape index (κ1) is 18.9. The summed E-state index contributed by atoms with van der Waals surface area (Å²) in [6.45, 7) is 4.98. The first-order chi connectivity index (χ1) is 13.0. The molecule has 1 aromatic carbocycles. The fourth-order valence-electron chi connectivity index (χ4n) is 3.04. The maximum atomic E-state index is 12.4. The highest BCUT2D eigenvalue weighted by Crippen LogP contribution is 2.15. The third-order valence-corrected chi connectivity index (χ3v) is 4.49. The second-order valence-electron chi connectivity index (χ2n) is 6.51. The van der Waals surface area contributed by atoms with Crippen LogP contribution in [-0.4, -0.2) is 53.1 Å². The molecule has 0 spiro atoms. The van der Waals surface area contributed by atoms with Crippen molar-refractivity contribution in [3.8, 4) is 0 Å². The highest BCUT2D eigenvalue weighted by atomic mass is 16.6. The van der Waals surface area contributed by atoms with Gasteiger partial charge in [0, 0.05) is 32.2 Å². The minimum atomic E-state index is -0.561. The number of benzene rings is 1. The van der Waals surface area contributed by atoms with E-state index in [1.165, 1.54) is 11.6 Å². The van der Waals surface area contributed by atoms with Gasteiger partial charge in [-0.2, -0.15) is 0 Å². The highest BCUT2D eigenvalue weighted by molar-refractivity contribution is 5.95. The van der Waals surface area contributed by atoms with Crippen molar-refractivity contribution < 1.29 is 14.5 Å². The van der Waals surface area contributed by atoms with Gasteiger partial charge in [-0.05, 0) is 12.5 Å². The molecule has 1 atom stereocenters. The van der Waals surface area contributed by atoms with Gasteiger partial charge in [-0.15, -0.1) is 0 Å². The number of carbonyl (C=O) groups is 1. The molecule has 0 radical (unpaired) electrons. The Balaban J connectivity index is 1.55. The fraction of sp³-hybridized carbons (Fsp3) is 0.368. The van der Waals surface area contributed by atoms with Crippen molar-refractivity contribution in [3.63, 3.8) is 0 Å². The van der Waals surface area contributed by atoms with Gasteiger partial charge in [-0.3, -0.25) is 24.8 Å². The number of rotatable bonds is 6. The number of hydrogen-bond donors (Lipinski definition) is 1. The summed E-state index contributed by atoms with van der Waals surface area (Å²) in [6.07, 6.45) is 1.02. The summed E-state index contributed by atoms with van der Waals surface area (Å²) in [6, 6.07) is 11.5. The summed E-state index contributed by atoms with van der Waals surface area (Å²) in [7, 11) is 0. The molecule has 27 heavy (non-hydrogen) atoms. The number of aryl methyl sites for hydroxylation is 1. The third kappa shape index (κ3) is 5.08. The number of morpholine rings is 1. The molecular weight excluding hydrogens is 348 g/mol. The lowest BCUT2D eigenvalue weighted by atomic mass is 10.1. The van der Waals surface area contributed by atoms with E-state index in [4.69, 9.17) is 4.74 Å². The normalized spacial score (nSPS) is 17.4. The number of pyridine rings is 1. The molecule has 0 unspecified atom stereocenters. The van der Waals surface area contributed by atoms with Crippen molar-refractivity contribution in [2.75, 3.05) is 26.2 Å². The van der Waals surface area contributed by atoms with Gasteiger partial charge in [0.1, 0.15) is 6.20 Å². The van der Waals surface area contributed by atoms with Crippen LogP contribution < -0.4 is 5.32 Å². The van der Waals surface area contributed by atoms with E-state index in [2.05, 4.69) is 27.3 Å². The van der Waals surface area contributed by atoms with Gasteiger partial charge < -0.3 is 10.1 Å². The number of hydrogen-bond acceptors (Lipinski definition) is 6. The van der Waals surface area contributed by atoms with Crippen molar-refractivity contribution in [1.29, 1.82) is 0 Å². The second kappa shape index (κ2) is 8.70. The quantitative estimate of drug-likeness (QED) is 0.616. The summed E-state index contributed by atoms with van der Waals surface area (Å²) in [5.41, 5.74) is 1.70. The Morgan fingerprint density at radius 1 is 1.41 bits per heavy atom. The van der Waals surface area contributed by atoms with Crippen LogP contribution in [0.3, 0.4) is 0 Å². The molecule has 2 aromatic rings. The summed E-state index contributed by atoms with van der Waals surface area (Å²) < 4.78 is 5.74. The first-order valence-electron chi connectivity index (χ1n) is 8.80. The molecule has 0 aliphatic carbocycles. The lowest BCUT2D eigenvalue weighted by Gasteiger charge is -2.33. The van der Waals surface area contributed by atoms with Crippen LogP contribution in [-0.2, 0) is 11.3 Å². The largest absolute Gasteiger partial charge is 0.374 e. The van der Waals surface area contributed by atoms with Crippen LogP contribution in [0.2, 0.25) is 0 Å². The Hall–Kier alpha value is -2.84. The standard InChI is InChI=1S/C19H22N4O4/c1-14-18(9-16(10-20-14)23(25)26)19(24)21-11-17-13-22(7-8-27-17)12-15-5-3-2-4-6-15/h2-6,9-10,17H,7-8,11-13H2,1H3,(H,21,24)/t17-/m0/s1. The molecule has 8 heteroatoms. The molecule has 3 rings (SSSR count). The van der Waals surface area contributed by atoms with E-state index >= 15 is 0 Å². The minimum Gasteiger partial charge on any atom is -0.374 e. The zero-order valence-corrected chi connectivity index (χ0v) is 15.1. The molecule has 1 amide bonds. The molecule has 1 fully saturated rings. The number of nitrogens with one attached hydrogen (secondary N) is 1. The molecule has 2 heterocycles. The van der Waals surface area contributed by atoms with Crippen molar-refractivity contribution >= 4 is 11.6 Å². The van der Waals surface area contributed by atoms with Crippen LogP contribution in [0.25, 0.3) is 0 Å². The summed E-state index contributed by atoms with van der Waals surface area (Å²) >= 11 is 0. The summed E-state index contributed by atoms with van der Waals surface area (Å²) in [4.78, 5) is 29.0. The Bertz CT molecular complexity index is 813. The summed E-state index contributed by atoms with van der Waals surface area (Å²) in [5, 5.41) is 13.7. The number of nitro groups is 1. The van der Waals surface area contributed by atoms with Gasteiger partial charge in [0.15, 0.2) is 0 Å². The predicted molar refractivity (Wildman–Crippen MR) is 99.4 cm³/mol. The zero-order chi connectivity index (χ0) is 19.2. The number of nitrogens with zero attached hydrogens (tertiary/aromatic N) is 3. The topological polar surface area (TPSA) is 97.6 Å². The van der Waals surface area contributed by atoms with E-state index in [-0.39, 0.29) is 23.3 Å². The number of amides is 1. The molecule has 1 saturated heterocycles. The lowest BCUT2D eigenvalue weighted by Crippen LogP contribution is -2.47. The Labute approximate surface area is 157 Å². The van der Waals surface area contributed by atoms with Crippen LogP contribution >= 0.6 is 0 Å². The minimum absolute atomic E-state index is 0.127. The molecule has 8 nitrogen and oxygen atoms in total. The van der Waals surface area contributed by atoms with Crippen LogP contribution in [0.15, 0.2) is 42.6 Å². The van der Waals surface area contributed by atoms with E-state index < -0.39 is 4.92 Å². The monoisotopic (exact) mass is 370 g/mol. The van der Waals surface area contributed by atoms with Crippen molar-refractivity contribution in [2.45, 2.75) is 19.6 Å². The van der Waals surface area contributed by atoms with E-state index in [0.29, 0.717) is 25.4 Å². The maximum absolute atomic E-state index is 12.4. The van der Waals surface area contributed by atoms with E-state index in [1.54, 1.807) is 6.92 Å². The molecule has 142 valence electrons. The van der Waals surface area contributed by atoms with Crippen molar-refractivity contribution in [2.24, 2.45) is 0 Å². The Kier molecular flexibility index (Phi) is 6.10. The molecular formula is C19H22N4O4. The number of ether oxygens (including phenoxy) is 1. The van der Waals surface area contributed by atoms with Crippen molar-refractivity contribution in [3.05, 3.63) is 69.5 Å². The van der Waals surface area contributed by atoms with Gasteiger partial charge in [-0.1, -0.05) is 30.3 Å². The molecule has 1 aliphatic rings. The lowest BCUT2D eigenvalue weighted by molar-refractivity contribution is -0.385. The van der Waals surface area contributed by atoms with E-state index in [0.717, 1.165) is 19.3 Å². The molecule has 0 saturated carbocycles. The van der Waals surface area contributed by atoms with Gasteiger partial charge in [0.2, 0.25) is 0 Å². The average molecular weight is 370 g/mol. The van der Waals surface area contributed by atoms with Gasteiger partial charge in [0.05, 0.1) is 28.9 Å². The van der Waals surface area contributed by atoms with Gasteiger partial charge in [0.25, 0.3) is 11.6 Å². The molecule has 1 N–H and O–H groups in total. The average Bonchev–Trinajstić information content (AvgIpc) is 2.67. The maximum Gasteiger partial charge on any atom is 0.288 e. The smallest absolute Gasteiger partial charge is 0.288 e. The Morgan fingerprint density at radius 2 is 2.19 bits per heavy atom. The Morgan fingerprint density at radius 3 is 2.93 bits per heavy atom. The first-order valence-corrected chi connectivity index (χ1v) is 8.80. The fourth-order valence-corrected chi connectivity index (χ4v) is 3.04. The van der Waals surface area contributed by atoms with Crippen LogP contribution in [0, 0.1) is 17.0 Å². The molecule has 1 aromatic heterocycles. The zero-order valence-electron chi connectivity index (χ0n) is 15.1.